The molecule has 8 nitrogen and oxygen atoms in total. The number of alkyl halides is 3. The van der Waals surface area contributed by atoms with Gasteiger partial charge in [-0.05, 0) is 36.0 Å². The van der Waals surface area contributed by atoms with E-state index in [4.69, 9.17) is 4.74 Å². The largest absolute Gasteiger partial charge is 0.573 e. The van der Waals surface area contributed by atoms with Crippen LogP contribution in [-0.4, -0.2) is 67.7 Å². The molecule has 11 heteroatoms. The molecule has 2 amide bonds. The number of carbonyl (C=O) groups excluding carboxylic acids is 3. The predicted octanol–water partition coefficient (Wildman–Crippen LogP) is 1.09. The fourth-order valence-corrected chi connectivity index (χ4v) is 4.31. The van der Waals surface area contributed by atoms with Gasteiger partial charge in [0.25, 0.3) is 5.91 Å². The van der Waals surface area contributed by atoms with Crippen LogP contribution in [0, 0.1) is 17.8 Å². The molecule has 32 heavy (non-hydrogen) atoms. The Morgan fingerprint density at radius 3 is 2.56 bits per heavy atom. The van der Waals surface area contributed by atoms with Crippen LogP contribution >= 0.6 is 0 Å². The maximum atomic E-state index is 12.3. The highest BCUT2D eigenvalue weighted by Gasteiger charge is 2.55. The molecule has 1 saturated heterocycles. The summed E-state index contributed by atoms with van der Waals surface area (Å²) < 4.78 is 45.9. The van der Waals surface area contributed by atoms with Crippen LogP contribution in [0.25, 0.3) is 0 Å². The van der Waals surface area contributed by atoms with E-state index in [1.165, 1.54) is 24.5 Å². The molecule has 4 rings (SSSR count). The Kier molecular flexibility index (Phi) is 6.09. The van der Waals surface area contributed by atoms with Crippen LogP contribution < -0.4 is 15.4 Å². The van der Waals surface area contributed by atoms with Crippen molar-refractivity contribution in [2.45, 2.75) is 12.5 Å². The normalized spacial score (nSPS) is 26.4. The Morgan fingerprint density at radius 2 is 1.91 bits per heavy atom. The number of carbonyl (C=O) groups is 3. The molecule has 172 valence electrons. The molecule has 1 aromatic carbocycles. The van der Waals surface area contributed by atoms with E-state index in [0.29, 0.717) is 18.4 Å². The number of rotatable bonds is 8. The molecular weight excluding hydrogens is 431 g/mol. The van der Waals surface area contributed by atoms with Crippen molar-refractivity contribution in [2.24, 2.45) is 17.8 Å². The first-order valence-corrected chi connectivity index (χ1v) is 10.2. The lowest BCUT2D eigenvalue weighted by Gasteiger charge is -2.19. The minimum atomic E-state index is -4.82. The number of halogens is 3. The van der Waals surface area contributed by atoms with Crippen LogP contribution in [-0.2, 0) is 14.3 Å². The molecule has 2 fully saturated rings. The van der Waals surface area contributed by atoms with E-state index in [9.17, 15) is 27.6 Å². The van der Waals surface area contributed by atoms with Crippen molar-refractivity contribution >= 4 is 17.6 Å². The lowest BCUT2D eigenvalue weighted by Crippen LogP contribution is -2.42. The third-order valence-electron chi connectivity index (χ3n) is 5.92. The monoisotopic (exact) mass is 453 g/mol. The van der Waals surface area contributed by atoms with Crippen molar-refractivity contribution in [2.75, 3.05) is 32.7 Å². The molecule has 0 spiro atoms. The number of amides is 2. The van der Waals surface area contributed by atoms with E-state index in [0.717, 1.165) is 25.2 Å². The average Bonchev–Trinajstić information content (AvgIpc) is 3.03. The first-order valence-electron chi connectivity index (χ1n) is 10.2. The molecule has 1 aliphatic carbocycles. The van der Waals surface area contributed by atoms with Gasteiger partial charge in [-0.15, -0.1) is 13.2 Å². The van der Waals surface area contributed by atoms with Gasteiger partial charge in [0.2, 0.25) is 11.7 Å². The van der Waals surface area contributed by atoms with Gasteiger partial charge >= 0.3 is 6.36 Å². The fourth-order valence-electron chi connectivity index (χ4n) is 4.31. The Bertz CT molecular complexity index is 924. The number of benzene rings is 1. The van der Waals surface area contributed by atoms with Gasteiger partial charge in [0, 0.05) is 31.3 Å². The second kappa shape index (κ2) is 8.81. The highest BCUT2D eigenvalue weighted by Crippen LogP contribution is 2.51. The number of ketones is 1. The third-order valence-corrected chi connectivity index (χ3v) is 5.92. The van der Waals surface area contributed by atoms with E-state index < -0.39 is 24.1 Å². The number of hydrogen-bond acceptors (Lipinski definition) is 6. The van der Waals surface area contributed by atoms with Gasteiger partial charge < -0.3 is 20.1 Å². The molecule has 3 unspecified atom stereocenters. The van der Waals surface area contributed by atoms with Crippen molar-refractivity contribution in [1.29, 1.82) is 0 Å². The summed E-state index contributed by atoms with van der Waals surface area (Å²) in [5, 5.41) is 5.46. The van der Waals surface area contributed by atoms with E-state index in [1.807, 2.05) is 4.90 Å². The summed E-state index contributed by atoms with van der Waals surface area (Å²) >= 11 is 0. The molecule has 1 saturated carbocycles. The van der Waals surface area contributed by atoms with Gasteiger partial charge in [0.1, 0.15) is 5.75 Å². The van der Waals surface area contributed by atoms with Gasteiger partial charge in [-0.25, -0.2) is 0 Å². The summed E-state index contributed by atoms with van der Waals surface area (Å²) in [6.45, 7) is 2.25. The first-order chi connectivity index (χ1) is 15.2. The fraction of sp³-hybridized carbons (Fsp3) is 0.476. The standard InChI is InChI=1S/C21H22F3N3O5/c22-21(23,24)32-13-3-1-2-12(6-13)20(30)26-7-14-15-9-27(10-16(14)15)11-19(29)25-8-18-17(28)4-5-31-18/h1-6,14-16,18H,7-11H2,(H,25,29)(H,26,30). The number of piperidine rings is 1. The molecule has 3 aliphatic rings. The van der Waals surface area contributed by atoms with Crippen LogP contribution in [0.4, 0.5) is 13.2 Å². The Balaban J connectivity index is 1.15. The summed E-state index contributed by atoms with van der Waals surface area (Å²) in [4.78, 5) is 37.8. The van der Waals surface area contributed by atoms with Gasteiger partial charge in [0.15, 0.2) is 6.10 Å². The second-order valence-electron chi connectivity index (χ2n) is 8.11. The van der Waals surface area contributed by atoms with Gasteiger partial charge in [-0.3, -0.25) is 19.3 Å². The van der Waals surface area contributed by atoms with Crippen molar-refractivity contribution < 1.29 is 37.0 Å². The van der Waals surface area contributed by atoms with Crippen LogP contribution in [0.1, 0.15) is 10.4 Å². The summed E-state index contributed by atoms with van der Waals surface area (Å²) in [6.07, 6.45) is -2.82. The zero-order chi connectivity index (χ0) is 22.9. The molecule has 2 heterocycles. The Morgan fingerprint density at radius 1 is 1.16 bits per heavy atom. The number of likely N-dealkylation sites (tertiary alicyclic amines) is 1. The predicted molar refractivity (Wildman–Crippen MR) is 104 cm³/mol. The number of fused-ring (bicyclic) bond motifs is 1. The molecule has 3 atom stereocenters. The number of hydrogen-bond donors (Lipinski definition) is 2. The molecule has 2 N–H and O–H groups in total. The first kappa shape index (κ1) is 22.1. The number of ether oxygens (including phenoxy) is 2. The molecule has 2 aliphatic heterocycles. The van der Waals surface area contributed by atoms with Gasteiger partial charge in [-0.2, -0.15) is 0 Å². The summed E-state index contributed by atoms with van der Waals surface area (Å²) in [5.74, 6) is -0.237. The molecule has 0 radical (unpaired) electrons. The van der Waals surface area contributed by atoms with Gasteiger partial charge in [-0.1, -0.05) is 6.07 Å². The topological polar surface area (TPSA) is 97.0 Å². The van der Waals surface area contributed by atoms with Crippen LogP contribution in [0.15, 0.2) is 36.6 Å². The van der Waals surface area contributed by atoms with Crippen LogP contribution in [0.5, 0.6) is 5.75 Å². The maximum absolute atomic E-state index is 12.3. The van der Waals surface area contributed by atoms with Crippen molar-refractivity contribution in [3.63, 3.8) is 0 Å². The average molecular weight is 453 g/mol. The molecule has 1 aromatic rings. The third kappa shape index (κ3) is 5.39. The summed E-state index contributed by atoms with van der Waals surface area (Å²) in [5.41, 5.74) is 0.0933. The zero-order valence-electron chi connectivity index (χ0n) is 16.9. The van der Waals surface area contributed by atoms with E-state index in [-0.39, 0.29) is 36.3 Å². The van der Waals surface area contributed by atoms with Crippen molar-refractivity contribution in [3.8, 4) is 5.75 Å². The zero-order valence-corrected chi connectivity index (χ0v) is 16.9. The van der Waals surface area contributed by atoms with Crippen LogP contribution in [0.2, 0.25) is 0 Å². The summed E-state index contributed by atoms with van der Waals surface area (Å²) in [7, 11) is 0. The minimum absolute atomic E-state index is 0.0933. The van der Waals surface area contributed by atoms with Gasteiger partial charge in [0.05, 0.1) is 19.4 Å². The van der Waals surface area contributed by atoms with E-state index in [2.05, 4.69) is 15.4 Å². The second-order valence-corrected chi connectivity index (χ2v) is 8.11. The quantitative estimate of drug-likeness (QED) is 0.612. The maximum Gasteiger partial charge on any atom is 0.573 e. The number of nitrogens with zero attached hydrogens (tertiary/aromatic N) is 1. The smallest absolute Gasteiger partial charge is 0.488 e. The Hall–Kier alpha value is -3.08. The van der Waals surface area contributed by atoms with E-state index >= 15 is 0 Å². The summed E-state index contributed by atoms with van der Waals surface area (Å²) in [6, 6.07) is 4.94. The van der Waals surface area contributed by atoms with Crippen molar-refractivity contribution in [1.82, 2.24) is 15.5 Å². The molecule has 0 bridgehead atoms. The highest BCUT2D eigenvalue weighted by atomic mass is 19.4. The number of nitrogens with one attached hydrogen (secondary N) is 2. The molecular formula is C21H22F3N3O5. The lowest BCUT2D eigenvalue weighted by atomic mass is 10.2. The van der Waals surface area contributed by atoms with Crippen molar-refractivity contribution in [3.05, 3.63) is 42.2 Å². The van der Waals surface area contributed by atoms with Crippen LogP contribution in [0.3, 0.4) is 0 Å². The Labute approximate surface area is 181 Å². The highest BCUT2D eigenvalue weighted by molar-refractivity contribution is 5.95. The molecule has 0 aromatic heterocycles. The minimum Gasteiger partial charge on any atom is -0.488 e. The SMILES string of the molecule is O=C(CN1CC2C(CNC(=O)c3cccc(OC(F)(F)F)c3)C2C1)NCC1OC=CC1=O. The van der Waals surface area contributed by atoms with E-state index in [1.54, 1.807) is 0 Å². The lowest BCUT2D eigenvalue weighted by molar-refractivity contribution is -0.274.